The molecule has 4 rings (SSSR count). The molecule has 1 heterocycles. The second-order valence-corrected chi connectivity index (χ2v) is 8.23. The first-order valence-electron chi connectivity index (χ1n) is 9.06. The number of nitrogens with zero attached hydrogens (tertiary/aromatic N) is 1. The van der Waals surface area contributed by atoms with Crippen LogP contribution in [0.15, 0.2) is 65.6 Å². The fraction of sp³-hybridized carbons (Fsp3) is 0.190. The molecule has 0 aromatic heterocycles. The van der Waals surface area contributed by atoms with Gasteiger partial charge in [0.25, 0.3) is 10.0 Å². The van der Waals surface area contributed by atoms with Gasteiger partial charge in [-0.3, -0.25) is 9.10 Å². The lowest BCUT2D eigenvalue weighted by Crippen LogP contribution is -2.36. The summed E-state index contributed by atoms with van der Waals surface area (Å²) in [5.41, 5.74) is 0.287. The zero-order valence-electron chi connectivity index (χ0n) is 15.7. The van der Waals surface area contributed by atoms with Crippen molar-refractivity contribution < 1.29 is 27.4 Å². The van der Waals surface area contributed by atoms with E-state index in [1.165, 1.54) is 6.07 Å². The molecule has 8 heteroatoms. The molecule has 0 amide bonds. The average Bonchev–Trinajstić information content (AvgIpc) is 3.19. The molecule has 0 unspecified atom stereocenters. The Balaban J connectivity index is 1.78. The Hall–Kier alpha value is -3.26. The van der Waals surface area contributed by atoms with E-state index in [1.807, 2.05) is 24.3 Å². The van der Waals surface area contributed by atoms with Crippen LogP contribution >= 0.6 is 0 Å². The number of ether oxygens (including phenoxy) is 3. The van der Waals surface area contributed by atoms with Gasteiger partial charge in [-0.15, -0.1) is 0 Å². The maximum absolute atomic E-state index is 13.5. The van der Waals surface area contributed by atoms with E-state index in [1.54, 1.807) is 37.3 Å². The summed E-state index contributed by atoms with van der Waals surface area (Å²) in [6.45, 7) is 1.43. The van der Waals surface area contributed by atoms with Crippen molar-refractivity contribution in [3.63, 3.8) is 0 Å². The molecule has 0 bridgehead atoms. The van der Waals surface area contributed by atoms with Crippen LogP contribution in [0.5, 0.6) is 11.5 Å². The van der Waals surface area contributed by atoms with E-state index in [4.69, 9.17) is 14.2 Å². The van der Waals surface area contributed by atoms with Gasteiger partial charge in [-0.1, -0.05) is 30.3 Å². The van der Waals surface area contributed by atoms with Crippen LogP contribution in [0.1, 0.15) is 6.92 Å². The lowest BCUT2D eigenvalue weighted by atomic mass is 10.1. The second kappa shape index (κ2) is 7.63. The monoisotopic (exact) mass is 413 g/mol. The Labute approximate surface area is 168 Å². The Morgan fingerprint density at radius 3 is 2.55 bits per heavy atom. The fourth-order valence-electron chi connectivity index (χ4n) is 3.13. The third-order valence-electron chi connectivity index (χ3n) is 4.53. The van der Waals surface area contributed by atoms with Gasteiger partial charge in [-0.25, -0.2) is 8.42 Å². The maximum atomic E-state index is 13.5. The molecule has 29 heavy (non-hydrogen) atoms. The van der Waals surface area contributed by atoms with Gasteiger partial charge in [-0.2, -0.15) is 0 Å². The summed E-state index contributed by atoms with van der Waals surface area (Å²) in [6, 6.07) is 17.1. The summed E-state index contributed by atoms with van der Waals surface area (Å²) >= 11 is 0. The number of sulfonamides is 1. The molecule has 0 spiro atoms. The number of hydrogen-bond acceptors (Lipinski definition) is 6. The van der Waals surface area contributed by atoms with Crippen LogP contribution in [0.25, 0.3) is 10.8 Å². The van der Waals surface area contributed by atoms with Crippen molar-refractivity contribution in [2.75, 3.05) is 24.2 Å². The predicted molar refractivity (Wildman–Crippen MR) is 108 cm³/mol. The minimum Gasteiger partial charge on any atom is -0.465 e. The number of carbonyl (C=O) groups is 1. The SMILES string of the molecule is CCOC(=O)CN(c1ccc2c(c1)OCO2)S(=O)(=O)c1ccc2ccccc2c1. The van der Waals surface area contributed by atoms with Crippen LogP contribution in [-0.2, 0) is 19.6 Å². The van der Waals surface area contributed by atoms with Crippen molar-refractivity contribution in [2.24, 2.45) is 0 Å². The van der Waals surface area contributed by atoms with Crippen molar-refractivity contribution in [1.82, 2.24) is 0 Å². The molecular formula is C21H19NO6S. The van der Waals surface area contributed by atoms with Crippen LogP contribution in [0.3, 0.4) is 0 Å². The van der Waals surface area contributed by atoms with E-state index in [-0.39, 0.29) is 24.0 Å². The van der Waals surface area contributed by atoms with Crippen LogP contribution in [0.2, 0.25) is 0 Å². The van der Waals surface area contributed by atoms with Gasteiger partial charge in [0.2, 0.25) is 6.79 Å². The minimum atomic E-state index is -4.04. The molecule has 0 radical (unpaired) electrons. The third-order valence-corrected chi connectivity index (χ3v) is 6.30. The molecule has 0 saturated heterocycles. The number of rotatable bonds is 6. The molecule has 0 atom stereocenters. The number of carbonyl (C=O) groups excluding carboxylic acids is 1. The highest BCUT2D eigenvalue weighted by atomic mass is 32.2. The fourth-order valence-corrected chi connectivity index (χ4v) is 4.57. The number of anilines is 1. The Bertz CT molecular complexity index is 1170. The average molecular weight is 413 g/mol. The molecule has 0 aliphatic carbocycles. The van der Waals surface area contributed by atoms with E-state index in [9.17, 15) is 13.2 Å². The Kier molecular flexibility index (Phi) is 5.02. The van der Waals surface area contributed by atoms with Gasteiger partial charge in [0.05, 0.1) is 17.2 Å². The highest BCUT2D eigenvalue weighted by molar-refractivity contribution is 7.92. The van der Waals surface area contributed by atoms with E-state index < -0.39 is 22.5 Å². The standard InChI is InChI=1S/C21H19NO6S/c1-2-26-21(23)13-22(17-8-10-19-20(12-17)28-14-27-19)29(24,25)18-9-7-15-5-3-4-6-16(15)11-18/h3-12H,2,13-14H2,1H3. The van der Waals surface area contributed by atoms with Crippen LogP contribution in [0, 0.1) is 0 Å². The van der Waals surface area contributed by atoms with E-state index in [0.29, 0.717) is 11.5 Å². The summed E-state index contributed by atoms with van der Waals surface area (Å²) in [5, 5.41) is 1.71. The molecule has 0 fully saturated rings. The molecule has 1 aliphatic rings. The quantitative estimate of drug-likeness (QED) is 0.577. The van der Waals surface area contributed by atoms with Crippen molar-refractivity contribution in [3.8, 4) is 11.5 Å². The molecule has 3 aromatic rings. The second-order valence-electron chi connectivity index (χ2n) is 6.36. The number of fused-ring (bicyclic) bond motifs is 2. The first kappa shape index (κ1) is 19.1. The molecule has 0 N–H and O–H groups in total. The summed E-state index contributed by atoms with van der Waals surface area (Å²) in [4.78, 5) is 12.2. The van der Waals surface area contributed by atoms with Gasteiger partial charge in [0.1, 0.15) is 6.54 Å². The predicted octanol–water partition coefficient (Wildman–Crippen LogP) is 3.33. The number of esters is 1. The van der Waals surface area contributed by atoms with Gasteiger partial charge >= 0.3 is 5.97 Å². The number of benzene rings is 3. The third kappa shape index (κ3) is 3.71. The first-order valence-corrected chi connectivity index (χ1v) is 10.5. The van der Waals surface area contributed by atoms with Gasteiger partial charge < -0.3 is 14.2 Å². The normalized spacial score (nSPS) is 12.7. The molecule has 3 aromatic carbocycles. The Morgan fingerprint density at radius 1 is 1.00 bits per heavy atom. The van der Waals surface area contributed by atoms with Crippen molar-refractivity contribution >= 4 is 32.5 Å². The molecule has 1 aliphatic heterocycles. The van der Waals surface area contributed by atoms with Crippen LogP contribution in [0.4, 0.5) is 5.69 Å². The van der Waals surface area contributed by atoms with Crippen molar-refractivity contribution in [3.05, 3.63) is 60.7 Å². The number of hydrogen-bond donors (Lipinski definition) is 0. The van der Waals surface area contributed by atoms with Gasteiger partial charge in [-0.05, 0) is 42.0 Å². The van der Waals surface area contributed by atoms with Crippen molar-refractivity contribution in [2.45, 2.75) is 11.8 Å². The van der Waals surface area contributed by atoms with E-state index in [2.05, 4.69) is 0 Å². The maximum Gasteiger partial charge on any atom is 0.326 e. The summed E-state index contributed by atoms with van der Waals surface area (Å²) in [5.74, 6) is 0.299. The first-order chi connectivity index (χ1) is 14.0. The largest absolute Gasteiger partial charge is 0.465 e. The minimum absolute atomic E-state index is 0.0636. The van der Waals surface area contributed by atoms with E-state index >= 15 is 0 Å². The molecule has 0 saturated carbocycles. The summed E-state index contributed by atoms with van der Waals surface area (Å²) in [7, 11) is -4.04. The lowest BCUT2D eigenvalue weighted by Gasteiger charge is -2.24. The lowest BCUT2D eigenvalue weighted by molar-refractivity contribution is -0.141. The van der Waals surface area contributed by atoms with Gasteiger partial charge in [0.15, 0.2) is 11.5 Å². The Morgan fingerprint density at radius 2 is 1.76 bits per heavy atom. The highest BCUT2D eigenvalue weighted by Gasteiger charge is 2.29. The molecular weight excluding hydrogens is 394 g/mol. The van der Waals surface area contributed by atoms with Crippen molar-refractivity contribution in [1.29, 1.82) is 0 Å². The zero-order chi connectivity index (χ0) is 20.4. The van der Waals surface area contributed by atoms with Crippen LogP contribution < -0.4 is 13.8 Å². The topological polar surface area (TPSA) is 82.1 Å². The smallest absolute Gasteiger partial charge is 0.326 e. The summed E-state index contributed by atoms with van der Waals surface area (Å²) < 4.78 is 43.6. The highest BCUT2D eigenvalue weighted by Crippen LogP contribution is 2.37. The zero-order valence-corrected chi connectivity index (χ0v) is 16.5. The molecule has 150 valence electrons. The van der Waals surface area contributed by atoms with Gasteiger partial charge in [0, 0.05) is 6.07 Å². The van der Waals surface area contributed by atoms with E-state index in [0.717, 1.165) is 15.1 Å². The summed E-state index contributed by atoms with van der Waals surface area (Å²) in [6.07, 6.45) is 0. The van der Waals surface area contributed by atoms with Crippen LogP contribution in [-0.4, -0.2) is 34.3 Å². The molecule has 7 nitrogen and oxygen atoms in total.